The quantitative estimate of drug-likeness (QED) is 0.798. The number of carbonyl (C=O) groups excluding carboxylic acids is 1. The molecule has 7 heteroatoms. The molecule has 0 aliphatic rings. The average Bonchev–Trinajstić information content (AvgIpc) is 2.42. The fraction of sp³-hybridized carbons (Fsp3) is 0.385. The molecule has 1 aromatic rings. The zero-order valence-electron chi connectivity index (χ0n) is 11.0. The van der Waals surface area contributed by atoms with Gasteiger partial charge in [0, 0.05) is 13.6 Å². The van der Waals surface area contributed by atoms with E-state index < -0.39 is 17.7 Å². The number of methoxy groups -OCH3 is 1. The van der Waals surface area contributed by atoms with E-state index in [2.05, 4.69) is 4.74 Å². The minimum Gasteiger partial charge on any atom is -0.469 e. The standard InChI is InChI=1S/C13H13F3N2O2/c1-18(6-5-12(19)20-2)11-4-3-10(13(14,15)16)7-9(11)8-17/h3-4,7H,5-6H2,1-2H3. The predicted molar refractivity (Wildman–Crippen MR) is 66.1 cm³/mol. The Hall–Kier alpha value is -2.23. The zero-order valence-corrected chi connectivity index (χ0v) is 11.0. The minimum absolute atomic E-state index is 0.0822. The second-order valence-electron chi connectivity index (χ2n) is 4.09. The van der Waals surface area contributed by atoms with Gasteiger partial charge in [-0.1, -0.05) is 0 Å². The molecular formula is C13H13F3N2O2. The number of esters is 1. The number of anilines is 1. The van der Waals surface area contributed by atoms with Crippen LogP contribution in [0.15, 0.2) is 18.2 Å². The van der Waals surface area contributed by atoms with Gasteiger partial charge in [0.2, 0.25) is 0 Å². The molecule has 0 aromatic heterocycles. The van der Waals surface area contributed by atoms with Crippen molar-refractivity contribution < 1.29 is 22.7 Å². The van der Waals surface area contributed by atoms with E-state index in [4.69, 9.17) is 5.26 Å². The molecule has 0 spiro atoms. The fourth-order valence-electron chi connectivity index (χ4n) is 1.62. The Bertz CT molecular complexity index is 535. The maximum Gasteiger partial charge on any atom is 0.416 e. The van der Waals surface area contributed by atoms with Crippen LogP contribution in [-0.4, -0.2) is 26.7 Å². The van der Waals surface area contributed by atoms with Crippen LogP contribution in [0.3, 0.4) is 0 Å². The van der Waals surface area contributed by atoms with Gasteiger partial charge < -0.3 is 9.64 Å². The van der Waals surface area contributed by atoms with Crippen molar-refractivity contribution in [3.8, 4) is 6.07 Å². The number of rotatable bonds is 4. The summed E-state index contributed by atoms with van der Waals surface area (Å²) in [6.07, 6.45) is -4.41. The third kappa shape index (κ3) is 3.88. The second-order valence-corrected chi connectivity index (χ2v) is 4.09. The Morgan fingerprint density at radius 3 is 2.60 bits per heavy atom. The number of alkyl halides is 3. The first-order valence-corrected chi connectivity index (χ1v) is 5.69. The van der Waals surface area contributed by atoms with E-state index in [-0.39, 0.29) is 18.5 Å². The molecule has 1 rings (SSSR count). The number of ether oxygens (including phenoxy) is 1. The first-order valence-electron chi connectivity index (χ1n) is 5.69. The van der Waals surface area contributed by atoms with Crippen molar-refractivity contribution in [2.45, 2.75) is 12.6 Å². The number of nitrogens with zero attached hydrogens (tertiary/aromatic N) is 2. The molecule has 0 unspecified atom stereocenters. The van der Waals surface area contributed by atoms with Crippen LogP contribution in [0.4, 0.5) is 18.9 Å². The highest BCUT2D eigenvalue weighted by molar-refractivity contribution is 5.70. The summed E-state index contributed by atoms with van der Waals surface area (Å²) < 4.78 is 42.1. The molecule has 0 heterocycles. The third-order valence-electron chi connectivity index (χ3n) is 2.73. The molecule has 108 valence electrons. The van der Waals surface area contributed by atoms with Gasteiger partial charge in [-0.05, 0) is 18.2 Å². The largest absolute Gasteiger partial charge is 0.469 e. The first-order chi connectivity index (χ1) is 9.29. The van der Waals surface area contributed by atoms with E-state index in [1.165, 1.54) is 18.1 Å². The van der Waals surface area contributed by atoms with Crippen LogP contribution in [0.1, 0.15) is 17.5 Å². The molecule has 4 nitrogen and oxygen atoms in total. The molecule has 0 bridgehead atoms. The van der Waals surface area contributed by atoms with E-state index in [1.807, 2.05) is 0 Å². The highest BCUT2D eigenvalue weighted by Crippen LogP contribution is 2.32. The van der Waals surface area contributed by atoms with Crippen molar-refractivity contribution in [3.05, 3.63) is 29.3 Å². The number of carbonyl (C=O) groups is 1. The summed E-state index contributed by atoms with van der Waals surface area (Å²) in [7, 11) is 2.84. The van der Waals surface area contributed by atoms with Crippen LogP contribution < -0.4 is 4.90 Å². The summed E-state index contributed by atoms with van der Waals surface area (Å²) in [6.45, 7) is 0.243. The molecule has 0 amide bonds. The maximum absolute atomic E-state index is 12.6. The van der Waals surface area contributed by atoms with E-state index in [1.54, 1.807) is 13.1 Å². The summed E-state index contributed by atoms with van der Waals surface area (Å²) >= 11 is 0. The summed E-state index contributed by atoms with van der Waals surface area (Å²) in [6, 6.07) is 4.66. The van der Waals surface area contributed by atoms with Crippen molar-refractivity contribution >= 4 is 11.7 Å². The lowest BCUT2D eigenvalue weighted by atomic mass is 10.1. The number of hydrogen-bond donors (Lipinski definition) is 0. The second kappa shape index (κ2) is 6.28. The Balaban J connectivity index is 2.96. The number of hydrogen-bond acceptors (Lipinski definition) is 4. The molecule has 0 atom stereocenters. The molecule has 0 fully saturated rings. The van der Waals surface area contributed by atoms with Gasteiger partial charge in [-0.25, -0.2) is 0 Å². The van der Waals surface area contributed by atoms with Crippen LogP contribution in [0, 0.1) is 11.3 Å². The van der Waals surface area contributed by atoms with Gasteiger partial charge >= 0.3 is 12.1 Å². The van der Waals surface area contributed by atoms with Crippen LogP contribution >= 0.6 is 0 Å². The molecule has 0 saturated carbocycles. The van der Waals surface area contributed by atoms with E-state index in [9.17, 15) is 18.0 Å². The molecule has 0 aliphatic carbocycles. The van der Waals surface area contributed by atoms with Crippen molar-refractivity contribution in [2.24, 2.45) is 0 Å². The Morgan fingerprint density at radius 2 is 2.10 bits per heavy atom. The van der Waals surface area contributed by atoms with Crippen LogP contribution in [-0.2, 0) is 15.7 Å². The topological polar surface area (TPSA) is 53.3 Å². The van der Waals surface area contributed by atoms with Gasteiger partial charge in [0.05, 0.1) is 30.3 Å². The van der Waals surface area contributed by atoms with Gasteiger partial charge in [-0.2, -0.15) is 18.4 Å². The van der Waals surface area contributed by atoms with E-state index in [0.717, 1.165) is 12.1 Å². The molecule has 0 N–H and O–H groups in total. The monoisotopic (exact) mass is 286 g/mol. The molecular weight excluding hydrogens is 273 g/mol. The van der Waals surface area contributed by atoms with Crippen molar-refractivity contribution in [3.63, 3.8) is 0 Å². The third-order valence-corrected chi connectivity index (χ3v) is 2.73. The summed E-state index contributed by atoms with van der Waals surface area (Å²) in [5.74, 6) is -0.428. The Labute approximate surface area is 114 Å². The van der Waals surface area contributed by atoms with E-state index in [0.29, 0.717) is 5.69 Å². The van der Waals surface area contributed by atoms with Gasteiger partial charge in [-0.3, -0.25) is 4.79 Å². The fourth-order valence-corrected chi connectivity index (χ4v) is 1.62. The SMILES string of the molecule is COC(=O)CCN(C)c1ccc(C(F)(F)F)cc1C#N. The summed E-state index contributed by atoms with van der Waals surface area (Å²) in [5.41, 5.74) is -0.629. The molecule has 0 radical (unpaired) electrons. The van der Waals surface area contributed by atoms with Gasteiger partial charge in [0.15, 0.2) is 0 Å². The Kier molecular flexibility index (Phi) is 4.97. The maximum atomic E-state index is 12.6. The zero-order chi connectivity index (χ0) is 15.3. The number of nitriles is 1. The predicted octanol–water partition coefficient (Wildman–Crippen LogP) is 2.58. The minimum atomic E-state index is -4.49. The highest BCUT2D eigenvalue weighted by atomic mass is 19.4. The van der Waals surface area contributed by atoms with Gasteiger partial charge in [-0.15, -0.1) is 0 Å². The van der Waals surface area contributed by atoms with Crippen molar-refractivity contribution in [1.82, 2.24) is 0 Å². The lowest BCUT2D eigenvalue weighted by molar-refractivity contribution is -0.140. The summed E-state index contributed by atoms with van der Waals surface area (Å²) in [5, 5.41) is 8.95. The molecule has 0 aliphatic heterocycles. The van der Waals surface area contributed by atoms with Crippen LogP contribution in [0.5, 0.6) is 0 Å². The van der Waals surface area contributed by atoms with Crippen molar-refractivity contribution in [1.29, 1.82) is 5.26 Å². The first kappa shape index (κ1) is 15.8. The lowest BCUT2D eigenvalue weighted by Gasteiger charge is -2.20. The van der Waals surface area contributed by atoms with Gasteiger partial charge in [0.1, 0.15) is 6.07 Å². The smallest absolute Gasteiger partial charge is 0.416 e. The molecule has 0 saturated heterocycles. The molecule has 20 heavy (non-hydrogen) atoms. The normalized spacial score (nSPS) is 10.8. The van der Waals surface area contributed by atoms with Crippen molar-refractivity contribution in [2.75, 3.05) is 25.6 Å². The number of benzene rings is 1. The van der Waals surface area contributed by atoms with E-state index >= 15 is 0 Å². The summed E-state index contributed by atoms with van der Waals surface area (Å²) in [4.78, 5) is 12.6. The van der Waals surface area contributed by atoms with Crippen LogP contribution in [0.25, 0.3) is 0 Å². The number of halogens is 3. The lowest BCUT2D eigenvalue weighted by Crippen LogP contribution is -2.22. The average molecular weight is 286 g/mol. The van der Waals surface area contributed by atoms with Gasteiger partial charge in [0.25, 0.3) is 0 Å². The Morgan fingerprint density at radius 1 is 1.45 bits per heavy atom. The van der Waals surface area contributed by atoms with Crippen LogP contribution in [0.2, 0.25) is 0 Å². The highest BCUT2D eigenvalue weighted by Gasteiger charge is 2.31. The molecule has 1 aromatic carbocycles.